The average Bonchev–Trinajstić information content (AvgIpc) is 3.08. The van der Waals surface area contributed by atoms with Crippen LogP contribution < -0.4 is 0 Å². The van der Waals surface area contributed by atoms with Gasteiger partial charge in [0.05, 0.1) is 21.9 Å². The molecule has 0 fully saturated rings. The Labute approximate surface area is 157 Å². The SMILES string of the molecule is CSc1nccc(-n2c(C(F)C#N)cnc2-c2ccc(Cl)c(Cl)c2)n1. The van der Waals surface area contributed by atoms with Crippen molar-refractivity contribution in [3.8, 4) is 23.3 Å². The molecule has 1 aromatic carbocycles. The molecule has 0 saturated carbocycles. The summed E-state index contributed by atoms with van der Waals surface area (Å²) in [6, 6.07) is 8.17. The van der Waals surface area contributed by atoms with E-state index in [1.165, 1.54) is 22.5 Å². The molecule has 1 atom stereocenters. The van der Waals surface area contributed by atoms with E-state index in [2.05, 4.69) is 15.0 Å². The zero-order valence-electron chi connectivity index (χ0n) is 12.8. The molecule has 2 heterocycles. The molecule has 0 N–H and O–H groups in total. The minimum Gasteiger partial charge on any atom is -0.277 e. The normalized spacial score (nSPS) is 12.0. The molecule has 0 aliphatic rings. The number of hydrogen-bond acceptors (Lipinski definition) is 5. The van der Waals surface area contributed by atoms with Crippen LogP contribution in [0.25, 0.3) is 17.2 Å². The molecule has 3 rings (SSSR count). The Hall–Kier alpha value is -2.14. The van der Waals surface area contributed by atoms with Crippen molar-refractivity contribution >= 4 is 35.0 Å². The number of imidazole rings is 1. The van der Waals surface area contributed by atoms with E-state index < -0.39 is 6.17 Å². The van der Waals surface area contributed by atoms with Crippen molar-refractivity contribution in [1.29, 1.82) is 5.26 Å². The number of thioether (sulfide) groups is 1. The van der Waals surface area contributed by atoms with Crippen LogP contribution in [0.15, 0.2) is 41.8 Å². The lowest BCUT2D eigenvalue weighted by atomic mass is 10.2. The molecular formula is C16H10Cl2FN5S. The van der Waals surface area contributed by atoms with Crippen LogP contribution in [0.4, 0.5) is 4.39 Å². The molecule has 0 spiro atoms. The topological polar surface area (TPSA) is 67.4 Å². The van der Waals surface area contributed by atoms with E-state index in [0.29, 0.717) is 32.4 Å². The third kappa shape index (κ3) is 3.47. The smallest absolute Gasteiger partial charge is 0.227 e. The van der Waals surface area contributed by atoms with E-state index >= 15 is 0 Å². The van der Waals surface area contributed by atoms with E-state index in [1.807, 2.05) is 6.26 Å². The van der Waals surface area contributed by atoms with Gasteiger partial charge in [-0.1, -0.05) is 35.0 Å². The molecule has 2 aromatic heterocycles. The number of aromatic nitrogens is 4. The molecule has 0 amide bonds. The van der Waals surface area contributed by atoms with Gasteiger partial charge in [-0.3, -0.25) is 4.57 Å². The molecule has 0 aliphatic heterocycles. The minimum atomic E-state index is -1.85. The van der Waals surface area contributed by atoms with Crippen molar-refractivity contribution < 1.29 is 4.39 Å². The molecule has 126 valence electrons. The van der Waals surface area contributed by atoms with Crippen molar-refractivity contribution in [2.75, 3.05) is 6.26 Å². The number of benzene rings is 1. The van der Waals surface area contributed by atoms with E-state index in [1.54, 1.807) is 36.5 Å². The summed E-state index contributed by atoms with van der Waals surface area (Å²) < 4.78 is 15.6. The molecule has 5 nitrogen and oxygen atoms in total. The van der Waals surface area contributed by atoms with Gasteiger partial charge in [-0.25, -0.2) is 19.3 Å². The van der Waals surface area contributed by atoms with Gasteiger partial charge in [-0.05, 0) is 30.5 Å². The van der Waals surface area contributed by atoms with Crippen molar-refractivity contribution in [1.82, 2.24) is 19.5 Å². The quantitative estimate of drug-likeness (QED) is 0.466. The van der Waals surface area contributed by atoms with Gasteiger partial charge in [0.25, 0.3) is 0 Å². The first-order chi connectivity index (χ1) is 12.0. The average molecular weight is 394 g/mol. The van der Waals surface area contributed by atoms with Crippen molar-refractivity contribution in [2.24, 2.45) is 0 Å². The van der Waals surface area contributed by atoms with Gasteiger partial charge in [0.1, 0.15) is 17.7 Å². The van der Waals surface area contributed by atoms with Crippen LogP contribution in [0, 0.1) is 11.3 Å². The Kier molecular flexibility index (Phi) is 5.23. The lowest BCUT2D eigenvalue weighted by Crippen LogP contribution is -2.07. The minimum absolute atomic E-state index is 0.0781. The zero-order chi connectivity index (χ0) is 18.0. The summed E-state index contributed by atoms with van der Waals surface area (Å²) in [6.07, 6.45) is 2.86. The maximum Gasteiger partial charge on any atom is 0.227 e. The predicted molar refractivity (Wildman–Crippen MR) is 95.9 cm³/mol. The highest BCUT2D eigenvalue weighted by atomic mass is 35.5. The predicted octanol–water partition coefficient (Wildman–Crippen LogP) is 4.89. The second-order valence-corrected chi connectivity index (χ2v) is 6.45. The summed E-state index contributed by atoms with van der Waals surface area (Å²) in [7, 11) is 0. The van der Waals surface area contributed by atoms with E-state index in [0.717, 1.165) is 0 Å². The third-order valence-corrected chi connectivity index (χ3v) is 4.67. The summed E-state index contributed by atoms with van der Waals surface area (Å²) in [5.74, 6) is 0.808. The highest BCUT2D eigenvalue weighted by molar-refractivity contribution is 7.98. The highest BCUT2D eigenvalue weighted by Crippen LogP contribution is 2.32. The molecule has 9 heteroatoms. The van der Waals surface area contributed by atoms with Crippen LogP contribution in [0.5, 0.6) is 0 Å². The number of hydrogen-bond donors (Lipinski definition) is 0. The van der Waals surface area contributed by atoms with Crippen LogP contribution in [0.2, 0.25) is 10.0 Å². The van der Waals surface area contributed by atoms with Gasteiger partial charge in [-0.2, -0.15) is 5.26 Å². The van der Waals surface area contributed by atoms with Crippen LogP contribution in [0.1, 0.15) is 11.9 Å². The lowest BCUT2D eigenvalue weighted by Gasteiger charge is -2.12. The first-order valence-electron chi connectivity index (χ1n) is 6.99. The van der Waals surface area contributed by atoms with Crippen LogP contribution in [-0.4, -0.2) is 25.8 Å². The fourth-order valence-corrected chi connectivity index (χ4v) is 2.89. The Morgan fingerprint density at radius 2 is 2.04 bits per heavy atom. The maximum atomic E-state index is 14.1. The maximum absolute atomic E-state index is 14.1. The first kappa shape index (κ1) is 17.7. The number of alkyl halides is 1. The summed E-state index contributed by atoms with van der Waals surface area (Å²) in [5.41, 5.74) is 0.699. The summed E-state index contributed by atoms with van der Waals surface area (Å²) >= 11 is 13.4. The largest absolute Gasteiger partial charge is 0.277 e. The summed E-state index contributed by atoms with van der Waals surface area (Å²) in [5, 5.41) is 10.2. The van der Waals surface area contributed by atoms with Gasteiger partial charge >= 0.3 is 0 Å². The molecule has 0 radical (unpaired) electrons. The summed E-state index contributed by atoms with van der Waals surface area (Å²) in [4.78, 5) is 12.7. The second kappa shape index (κ2) is 7.40. The van der Waals surface area contributed by atoms with Crippen LogP contribution in [0.3, 0.4) is 0 Å². The fraction of sp³-hybridized carbons (Fsp3) is 0.125. The van der Waals surface area contributed by atoms with Gasteiger partial charge in [0, 0.05) is 11.8 Å². The molecule has 0 saturated heterocycles. The number of rotatable bonds is 4. The lowest BCUT2D eigenvalue weighted by molar-refractivity contribution is 0.410. The molecule has 1 unspecified atom stereocenters. The van der Waals surface area contributed by atoms with Gasteiger partial charge in [0.15, 0.2) is 5.16 Å². The first-order valence-corrected chi connectivity index (χ1v) is 8.97. The zero-order valence-corrected chi connectivity index (χ0v) is 15.1. The molecule has 25 heavy (non-hydrogen) atoms. The van der Waals surface area contributed by atoms with Crippen molar-refractivity contribution in [3.63, 3.8) is 0 Å². The standard InChI is InChI=1S/C16H10Cl2FN5S/c1-25-16-21-5-4-14(23-16)24-13(12(19)7-20)8-22-15(24)9-2-3-10(17)11(18)6-9/h2-6,8,12H,1H3. The van der Waals surface area contributed by atoms with Gasteiger partial charge in [-0.15, -0.1) is 0 Å². The third-order valence-electron chi connectivity index (χ3n) is 3.37. The van der Waals surface area contributed by atoms with E-state index in [-0.39, 0.29) is 5.69 Å². The number of halogens is 3. The molecular weight excluding hydrogens is 384 g/mol. The second-order valence-electron chi connectivity index (χ2n) is 4.86. The molecule has 0 aliphatic carbocycles. The highest BCUT2D eigenvalue weighted by Gasteiger charge is 2.22. The molecule has 3 aromatic rings. The Balaban J connectivity index is 2.24. The van der Waals surface area contributed by atoms with Crippen molar-refractivity contribution in [2.45, 2.75) is 11.3 Å². The Morgan fingerprint density at radius 3 is 2.72 bits per heavy atom. The van der Waals surface area contributed by atoms with E-state index in [9.17, 15) is 4.39 Å². The van der Waals surface area contributed by atoms with Crippen LogP contribution in [-0.2, 0) is 0 Å². The monoisotopic (exact) mass is 393 g/mol. The van der Waals surface area contributed by atoms with E-state index in [4.69, 9.17) is 28.5 Å². The Bertz CT molecular complexity index is 969. The van der Waals surface area contributed by atoms with Crippen molar-refractivity contribution in [3.05, 3.63) is 52.4 Å². The van der Waals surface area contributed by atoms with Gasteiger partial charge < -0.3 is 0 Å². The Morgan fingerprint density at radius 1 is 1.24 bits per heavy atom. The number of nitriles is 1. The van der Waals surface area contributed by atoms with Gasteiger partial charge in [0.2, 0.25) is 6.17 Å². The summed E-state index contributed by atoms with van der Waals surface area (Å²) in [6.45, 7) is 0. The molecule has 0 bridgehead atoms. The van der Waals surface area contributed by atoms with Crippen LogP contribution >= 0.6 is 35.0 Å². The number of nitrogens with zero attached hydrogens (tertiary/aromatic N) is 5. The fourth-order valence-electron chi connectivity index (χ4n) is 2.24.